The Balaban J connectivity index is 2.37. The highest BCUT2D eigenvalue weighted by atomic mass is 35.5. The molecule has 0 aromatic carbocycles. The molecule has 0 amide bonds. The van der Waals surface area contributed by atoms with Gasteiger partial charge in [0.05, 0.1) is 6.20 Å². The first kappa shape index (κ1) is 8.95. The largest absolute Gasteiger partial charge is 0.327 e. The summed E-state index contributed by atoms with van der Waals surface area (Å²) in [7, 11) is 0. The molecule has 0 atom stereocenters. The number of unbranched alkanes of at least 4 members (excludes halogenated alkanes) is 1. The molecule has 2 N–H and O–H groups in total. The fourth-order valence-corrected chi connectivity index (χ4v) is 1.01. The topological polar surface area (TPSA) is 40.7 Å². The number of aromatic nitrogens is 2. The molecule has 0 aliphatic carbocycles. The summed E-state index contributed by atoms with van der Waals surface area (Å²) in [6, 6.07) is 0. The van der Waals surface area contributed by atoms with Crippen LogP contribution in [0, 0.1) is 12.3 Å². The van der Waals surface area contributed by atoms with Crippen LogP contribution in [0.25, 0.3) is 0 Å². The van der Waals surface area contributed by atoms with E-state index in [1.807, 2.05) is 0 Å². The molecule has 4 heteroatoms. The predicted octanol–water partition coefficient (Wildman–Crippen LogP) is 1.93. The van der Waals surface area contributed by atoms with Crippen LogP contribution in [0.5, 0.6) is 0 Å². The van der Waals surface area contributed by atoms with Crippen LogP contribution in [0.15, 0.2) is 6.20 Å². The molecule has 0 unspecified atom stereocenters. The Labute approximate surface area is 76.6 Å². The van der Waals surface area contributed by atoms with Crippen LogP contribution in [0.4, 0.5) is 5.95 Å². The second-order valence-electron chi connectivity index (χ2n) is 2.41. The molecule has 0 saturated carbocycles. The van der Waals surface area contributed by atoms with Gasteiger partial charge >= 0.3 is 0 Å². The molecule has 1 aromatic heterocycles. The van der Waals surface area contributed by atoms with E-state index >= 15 is 0 Å². The molecule has 12 heavy (non-hydrogen) atoms. The van der Waals surface area contributed by atoms with E-state index in [-0.39, 0.29) is 0 Å². The first-order valence-corrected chi connectivity index (χ1v) is 4.08. The van der Waals surface area contributed by atoms with Crippen molar-refractivity contribution in [1.82, 2.24) is 9.97 Å². The summed E-state index contributed by atoms with van der Waals surface area (Å²) in [6.07, 6.45) is 9.55. The van der Waals surface area contributed by atoms with E-state index < -0.39 is 0 Å². The average molecular weight is 184 g/mol. The van der Waals surface area contributed by atoms with Crippen LogP contribution < -0.4 is 4.84 Å². The monoisotopic (exact) mass is 183 g/mol. The summed E-state index contributed by atoms with van der Waals surface area (Å²) in [5.74, 6) is 3.16. The second-order valence-corrected chi connectivity index (χ2v) is 2.60. The lowest BCUT2D eigenvalue weighted by Gasteiger charge is -1.92. The van der Waals surface area contributed by atoms with Gasteiger partial charge in [-0.25, -0.2) is 4.98 Å². The Morgan fingerprint density at radius 3 is 3.17 bits per heavy atom. The Bertz CT molecular complexity index is 274. The zero-order valence-corrected chi connectivity index (χ0v) is 7.36. The number of hydrogen-bond donors (Lipinski definition) is 2. The molecule has 0 bridgehead atoms. The summed E-state index contributed by atoms with van der Waals surface area (Å²) in [6.45, 7) is 0. The first-order valence-electron chi connectivity index (χ1n) is 3.71. The third-order valence-electron chi connectivity index (χ3n) is 1.49. The lowest BCUT2D eigenvalue weighted by atomic mass is 10.2. The van der Waals surface area contributed by atoms with Crippen molar-refractivity contribution in [1.29, 1.82) is 0 Å². The molecular formula is C8H10ClN3. The smallest absolute Gasteiger partial charge is 0.215 e. The van der Waals surface area contributed by atoms with Gasteiger partial charge in [-0.3, -0.25) is 4.84 Å². The zero-order valence-electron chi connectivity index (χ0n) is 6.60. The average Bonchev–Trinajstić information content (AvgIpc) is 2.53. The molecule has 1 rings (SSSR count). The van der Waals surface area contributed by atoms with E-state index in [4.69, 9.17) is 18.2 Å². The number of aromatic amines is 1. The van der Waals surface area contributed by atoms with E-state index in [2.05, 4.69) is 20.7 Å². The number of hydrogen-bond acceptors (Lipinski definition) is 2. The number of terminal acetylenes is 1. The highest BCUT2D eigenvalue weighted by molar-refractivity contribution is 6.23. The van der Waals surface area contributed by atoms with Crippen LogP contribution in [0.3, 0.4) is 0 Å². The minimum absolute atomic E-state index is 0.576. The molecule has 64 valence electrons. The summed E-state index contributed by atoms with van der Waals surface area (Å²) >= 11 is 5.33. The number of anilines is 1. The molecule has 0 saturated heterocycles. The maximum atomic E-state index is 5.33. The summed E-state index contributed by atoms with van der Waals surface area (Å²) in [4.78, 5) is 9.37. The number of aryl methyl sites for hydroxylation is 1. The van der Waals surface area contributed by atoms with Crippen LogP contribution in [0.2, 0.25) is 0 Å². The summed E-state index contributed by atoms with van der Waals surface area (Å²) in [5.41, 5.74) is 1.05. The van der Waals surface area contributed by atoms with Crippen molar-refractivity contribution >= 4 is 17.7 Å². The second kappa shape index (κ2) is 4.68. The predicted molar refractivity (Wildman–Crippen MR) is 49.8 cm³/mol. The van der Waals surface area contributed by atoms with Crippen molar-refractivity contribution in [2.24, 2.45) is 0 Å². The third-order valence-corrected chi connectivity index (χ3v) is 1.66. The molecule has 0 fully saturated rings. The molecule has 0 radical (unpaired) electrons. The van der Waals surface area contributed by atoms with Crippen LogP contribution in [-0.2, 0) is 6.42 Å². The van der Waals surface area contributed by atoms with Crippen LogP contribution in [-0.4, -0.2) is 9.97 Å². The molecule has 1 aromatic rings. The lowest BCUT2D eigenvalue weighted by Crippen LogP contribution is -1.86. The normalized spacial score (nSPS) is 9.33. The Morgan fingerprint density at radius 1 is 1.75 bits per heavy atom. The molecule has 0 aliphatic heterocycles. The van der Waals surface area contributed by atoms with Gasteiger partial charge in [-0.15, -0.1) is 12.3 Å². The number of rotatable bonds is 4. The zero-order chi connectivity index (χ0) is 8.81. The van der Waals surface area contributed by atoms with Gasteiger partial charge in [0, 0.05) is 23.9 Å². The quantitative estimate of drug-likeness (QED) is 0.426. The molecule has 0 aliphatic rings. The van der Waals surface area contributed by atoms with E-state index in [0.717, 1.165) is 25.0 Å². The van der Waals surface area contributed by atoms with Gasteiger partial charge in [-0.2, -0.15) is 0 Å². The number of nitrogens with one attached hydrogen (secondary N) is 2. The van der Waals surface area contributed by atoms with Crippen molar-refractivity contribution < 1.29 is 0 Å². The third kappa shape index (κ3) is 2.48. The molecule has 3 nitrogen and oxygen atoms in total. The maximum Gasteiger partial charge on any atom is 0.215 e. The maximum absolute atomic E-state index is 5.33. The van der Waals surface area contributed by atoms with Gasteiger partial charge in [0.25, 0.3) is 0 Å². The van der Waals surface area contributed by atoms with Crippen molar-refractivity contribution in [2.75, 3.05) is 4.84 Å². The van der Waals surface area contributed by atoms with Crippen molar-refractivity contribution in [3.8, 4) is 12.3 Å². The van der Waals surface area contributed by atoms with Gasteiger partial charge in [0.2, 0.25) is 5.95 Å². The van der Waals surface area contributed by atoms with Gasteiger partial charge in [0.15, 0.2) is 0 Å². The summed E-state index contributed by atoms with van der Waals surface area (Å²) in [5, 5.41) is 0. The SMILES string of the molecule is C#CCCCc1cnc(NCl)[nH]1. The highest BCUT2D eigenvalue weighted by Gasteiger charge is 1.97. The Morgan fingerprint density at radius 2 is 2.58 bits per heavy atom. The van der Waals surface area contributed by atoms with Crippen LogP contribution >= 0.6 is 11.8 Å². The van der Waals surface area contributed by atoms with E-state index in [1.165, 1.54) is 0 Å². The number of halogens is 1. The highest BCUT2D eigenvalue weighted by Crippen LogP contribution is 2.06. The minimum atomic E-state index is 0.576. The van der Waals surface area contributed by atoms with Gasteiger partial charge in [-0.05, 0) is 12.8 Å². The fourth-order valence-electron chi connectivity index (χ4n) is 0.915. The fraction of sp³-hybridized carbons (Fsp3) is 0.375. The van der Waals surface area contributed by atoms with Crippen LogP contribution in [0.1, 0.15) is 18.5 Å². The molecule has 0 spiro atoms. The standard InChI is InChI=1S/C8H10ClN3/c1-2-3-4-5-7-6-10-8(11-7)12-9/h1,6H,3-5H2,(H2,10,11,12). The molecular weight excluding hydrogens is 174 g/mol. The van der Waals surface area contributed by atoms with Crippen molar-refractivity contribution in [2.45, 2.75) is 19.3 Å². The summed E-state index contributed by atoms with van der Waals surface area (Å²) < 4.78 is 0. The van der Waals surface area contributed by atoms with E-state index in [1.54, 1.807) is 6.20 Å². The van der Waals surface area contributed by atoms with Crippen molar-refractivity contribution in [3.05, 3.63) is 11.9 Å². The van der Waals surface area contributed by atoms with E-state index in [9.17, 15) is 0 Å². The van der Waals surface area contributed by atoms with Gasteiger partial charge < -0.3 is 4.98 Å². The first-order chi connectivity index (χ1) is 5.86. The van der Waals surface area contributed by atoms with E-state index in [0.29, 0.717) is 5.95 Å². The van der Waals surface area contributed by atoms with Gasteiger partial charge in [0.1, 0.15) is 0 Å². The van der Waals surface area contributed by atoms with Gasteiger partial charge in [-0.1, -0.05) is 0 Å². The number of H-pyrrole nitrogens is 1. The van der Waals surface area contributed by atoms with Crippen molar-refractivity contribution in [3.63, 3.8) is 0 Å². The number of imidazole rings is 1. The lowest BCUT2D eigenvalue weighted by molar-refractivity contribution is 0.838. The molecule has 1 heterocycles. The Kier molecular flexibility index (Phi) is 3.49. The number of nitrogens with zero attached hydrogens (tertiary/aromatic N) is 1. The minimum Gasteiger partial charge on any atom is -0.327 e. The Hall–Kier alpha value is -1.14.